The molecule has 3 aliphatic rings. The number of ether oxygens (including phenoxy) is 1. The van der Waals surface area contributed by atoms with Gasteiger partial charge in [-0.15, -0.1) is 0 Å². The number of carbonyl (C=O) groups excluding carboxylic acids is 2. The van der Waals surface area contributed by atoms with Crippen LogP contribution in [0.15, 0.2) is 23.9 Å². The van der Waals surface area contributed by atoms with Gasteiger partial charge in [0.1, 0.15) is 12.5 Å². The molecular weight excluding hydrogens is 644 g/mol. The van der Waals surface area contributed by atoms with Crippen LogP contribution in [0.25, 0.3) is 36.1 Å². The summed E-state index contributed by atoms with van der Waals surface area (Å²) >= 11 is 0. The molecule has 0 aromatic carbocycles. The highest BCUT2D eigenvalue weighted by Gasteiger charge is 2.49. The summed E-state index contributed by atoms with van der Waals surface area (Å²) in [5.74, 6) is -3.70. The highest BCUT2D eigenvalue weighted by atomic mass is 16.5. The highest BCUT2D eigenvalue weighted by Crippen LogP contribution is 2.42. The number of hydrogen-bond acceptors (Lipinski definition) is 6. The molecule has 3 aromatic rings. The van der Waals surface area contributed by atoms with Crippen molar-refractivity contribution in [2.24, 2.45) is 17.8 Å². The van der Waals surface area contributed by atoms with E-state index in [1.54, 1.807) is 6.08 Å². The van der Waals surface area contributed by atoms with E-state index in [2.05, 4.69) is 40.7 Å². The first-order valence-corrected chi connectivity index (χ1v) is 17.9. The topological polar surface area (TPSA) is 160 Å². The van der Waals surface area contributed by atoms with E-state index < -0.39 is 23.7 Å². The molecule has 4 atom stereocenters. The minimum Gasteiger partial charge on any atom is -0.515 e. The summed E-state index contributed by atoms with van der Waals surface area (Å²) in [6, 6.07) is -0.546. The first kappa shape index (κ1) is 35.6. The second-order valence-corrected chi connectivity index (χ2v) is 14.0. The van der Waals surface area contributed by atoms with Crippen molar-refractivity contribution >= 4 is 53.9 Å². The molecule has 2 aliphatic heterocycles. The summed E-state index contributed by atoms with van der Waals surface area (Å²) in [4.78, 5) is 50.4. The van der Waals surface area contributed by atoms with E-state index in [1.807, 2.05) is 52.0 Å². The molecule has 0 saturated carbocycles. The number of aliphatic carboxylic acids is 1. The monoisotopic (exact) mass is 692 g/mol. The molecule has 51 heavy (non-hydrogen) atoms. The summed E-state index contributed by atoms with van der Waals surface area (Å²) < 4.78 is 5.57. The van der Waals surface area contributed by atoms with Crippen LogP contribution in [0.2, 0.25) is 0 Å². The normalized spacial score (nSPS) is 23.6. The third-order valence-corrected chi connectivity index (χ3v) is 11.0. The van der Waals surface area contributed by atoms with Crippen LogP contribution >= 0.6 is 0 Å². The predicted octanol–water partition coefficient (Wildman–Crippen LogP) is 4.14. The number of fused-ring (bicyclic) bond motifs is 8. The van der Waals surface area contributed by atoms with Crippen molar-refractivity contribution in [3.05, 3.63) is 90.1 Å². The number of rotatable bonds is 10. The fourth-order valence-corrected chi connectivity index (χ4v) is 8.24. The first-order valence-electron chi connectivity index (χ1n) is 17.9. The molecule has 3 aromatic heterocycles. The number of carboxylic acids is 1. The molecule has 0 amide bonds. The number of aliphatic hydroxyl groups excluding tert-OH is 1. The fraction of sp³-hybridized carbons (Fsp3) is 0.390. The molecule has 6 rings (SSSR count). The van der Waals surface area contributed by atoms with Gasteiger partial charge in [0.15, 0.2) is 5.78 Å². The number of aromatic nitrogens is 3. The molecule has 268 valence electrons. The molecule has 1 saturated heterocycles. The lowest BCUT2D eigenvalue weighted by Crippen LogP contribution is -2.37. The van der Waals surface area contributed by atoms with Gasteiger partial charge in [-0.3, -0.25) is 14.4 Å². The molecule has 10 heteroatoms. The number of carbonyl (C=O) groups is 3. The van der Waals surface area contributed by atoms with Crippen LogP contribution in [0, 0.1) is 31.6 Å². The summed E-state index contributed by atoms with van der Waals surface area (Å²) in [6.07, 6.45) is 13.9. The Morgan fingerprint density at radius 2 is 1.75 bits per heavy atom. The van der Waals surface area contributed by atoms with E-state index in [9.17, 15) is 24.6 Å². The van der Waals surface area contributed by atoms with Crippen LogP contribution in [0.3, 0.4) is 0 Å². The summed E-state index contributed by atoms with van der Waals surface area (Å²) in [7, 11) is 0. The van der Waals surface area contributed by atoms with Gasteiger partial charge in [0.25, 0.3) is 0 Å². The summed E-state index contributed by atoms with van der Waals surface area (Å²) in [5, 5.41) is 27.1. The van der Waals surface area contributed by atoms with E-state index in [1.165, 1.54) is 5.57 Å². The van der Waals surface area contributed by atoms with Crippen molar-refractivity contribution in [3.8, 4) is 0 Å². The van der Waals surface area contributed by atoms with Crippen molar-refractivity contribution in [3.63, 3.8) is 0 Å². The van der Waals surface area contributed by atoms with Gasteiger partial charge in [-0.2, -0.15) is 0 Å². The summed E-state index contributed by atoms with van der Waals surface area (Å²) in [5.41, 5.74) is 8.74. The number of ketones is 1. The van der Waals surface area contributed by atoms with Crippen LogP contribution in [-0.4, -0.2) is 55.5 Å². The Hall–Kier alpha value is -5.25. The maximum Gasteiger partial charge on any atom is 0.318 e. The molecule has 1 aliphatic carbocycles. The van der Waals surface area contributed by atoms with E-state index in [4.69, 9.17) is 4.74 Å². The lowest BCUT2D eigenvalue weighted by atomic mass is 9.80. The Kier molecular flexibility index (Phi) is 9.88. The zero-order valence-corrected chi connectivity index (χ0v) is 30.3. The third kappa shape index (κ3) is 6.21. The molecule has 1 unspecified atom stereocenters. The maximum atomic E-state index is 14.0. The number of hydrogen-bond donors (Lipinski definition) is 6. The lowest BCUT2D eigenvalue weighted by Gasteiger charge is -2.24. The maximum absolute atomic E-state index is 14.0. The Balaban J connectivity index is 1.56. The molecule has 6 N–H and O–H groups in total. The van der Waals surface area contributed by atoms with Crippen LogP contribution in [0.1, 0.15) is 103 Å². The largest absolute Gasteiger partial charge is 0.515 e. The molecule has 0 radical (unpaired) electrons. The second-order valence-electron chi connectivity index (χ2n) is 14.0. The van der Waals surface area contributed by atoms with Crippen molar-refractivity contribution in [1.29, 1.82) is 0 Å². The van der Waals surface area contributed by atoms with Gasteiger partial charge in [-0.1, -0.05) is 45.4 Å². The Bertz CT molecular complexity index is 2260. The van der Waals surface area contributed by atoms with E-state index in [0.717, 1.165) is 58.6 Å². The predicted molar refractivity (Wildman–Crippen MR) is 199 cm³/mol. The van der Waals surface area contributed by atoms with E-state index in [-0.39, 0.29) is 30.8 Å². The van der Waals surface area contributed by atoms with Gasteiger partial charge in [-0.25, -0.2) is 0 Å². The Labute approximate surface area is 297 Å². The zero-order valence-electron chi connectivity index (χ0n) is 30.3. The van der Waals surface area contributed by atoms with Crippen LogP contribution < -0.4 is 26.6 Å². The van der Waals surface area contributed by atoms with Crippen LogP contribution in [-0.2, 0) is 20.7 Å². The molecule has 1 fully saturated rings. The number of H-pyrrole nitrogens is 3. The second kappa shape index (κ2) is 14.2. The number of aliphatic hydroxyl groups is 1. The molecule has 8 bridgehead atoms. The minimum atomic E-state index is -1.37. The lowest BCUT2D eigenvalue weighted by molar-refractivity contribution is -0.143. The zero-order chi connectivity index (χ0) is 36.7. The van der Waals surface area contributed by atoms with Gasteiger partial charge >= 0.3 is 11.9 Å². The standard InChI is InChI=1S/C41H48N4O6/c1-8-11-20(4)14-15-51-34(47)13-12-26-22(6)29-16-28-21(5)24(9-2)31(42-28)18-33-27(19-46)25(10-3)32(43-33)17-30-23(7)35-39(45-30)36(38(26)44-29)37(40(35)48)41(49)50/h9,14,16-19,22,26,37-38,42-46H,2,8,10-13,15H2,1,3-7H3,(H,49,50)/b20-14+,27-19-,29-16-,30-17-,33-18-/t22-,26-,37+,38?/m0/s1. The van der Waals surface area contributed by atoms with Crippen molar-refractivity contribution in [2.45, 2.75) is 79.7 Å². The SMILES string of the molecule is C=Cc1c2[nH]c(c1C)/C=C1\NC(C3=c4[nH]/c(c(C)c4C(=O)[C@@H]3C(=O)O)=C\c3[nH]c(/c(=C\O)c3CC)=C\2)[C@@H](CCC(=O)OC/C=C(\C)CCC)[C@@H]1C. The van der Waals surface area contributed by atoms with Crippen molar-refractivity contribution < 1.29 is 29.3 Å². The van der Waals surface area contributed by atoms with Crippen molar-refractivity contribution in [2.75, 3.05) is 6.61 Å². The number of carboxylic acid groups (broad SMARTS) is 1. The quantitative estimate of drug-likeness (QED) is 0.106. The van der Waals surface area contributed by atoms with Gasteiger partial charge in [-0.05, 0) is 92.5 Å². The average molecular weight is 693 g/mol. The van der Waals surface area contributed by atoms with Crippen molar-refractivity contribution in [1.82, 2.24) is 20.3 Å². The highest BCUT2D eigenvalue weighted by molar-refractivity contribution is 6.19. The molecular formula is C41H48N4O6. The number of esters is 1. The van der Waals surface area contributed by atoms with Gasteiger partial charge in [0.05, 0.1) is 23.0 Å². The van der Waals surface area contributed by atoms with Gasteiger partial charge in [0.2, 0.25) is 0 Å². The number of Topliss-reactive ketones (excluding diaryl/α,β-unsaturated/α-hetero) is 1. The molecule has 0 spiro atoms. The number of aromatic amines is 3. The smallest absolute Gasteiger partial charge is 0.318 e. The third-order valence-electron chi connectivity index (χ3n) is 11.0. The molecule has 10 nitrogen and oxygen atoms in total. The Morgan fingerprint density at radius 1 is 1.00 bits per heavy atom. The number of allylic oxidation sites excluding steroid dienone is 2. The fourth-order valence-electron chi connectivity index (χ4n) is 8.24. The van der Waals surface area contributed by atoms with Gasteiger partial charge < -0.3 is 35.2 Å². The van der Waals surface area contributed by atoms with Crippen LogP contribution in [0.4, 0.5) is 0 Å². The average Bonchev–Trinajstić information content (AvgIpc) is 3.84. The van der Waals surface area contributed by atoms with Crippen LogP contribution in [0.5, 0.6) is 0 Å². The Morgan fingerprint density at radius 3 is 2.41 bits per heavy atom. The molecule has 5 heterocycles. The first-order chi connectivity index (χ1) is 24.4. The number of nitrogens with one attached hydrogen (secondary N) is 4. The summed E-state index contributed by atoms with van der Waals surface area (Å²) in [6.45, 7) is 16.3. The van der Waals surface area contributed by atoms with E-state index >= 15 is 0 Å². The van der Waals surface area contributed by atoms with Gasteiger partial charge in [0, 0.05) is 56.8 Å². The minimum absolute atomic E-state index is 0.121. The van der Waals surface area contributed by atoms with E-state index in [0.29, 0.717) is 50.8 Å².